The maximum Gasteiger partial charge on any atom is 0.264 e. The van der Waals surface area contributed by atoms with E-state index >= 15 is 0 Å². The van der Waals surface area contributed by atoms with E-state index in [1.165, 1.54) is 17.4 Å². The first-order valence-corrected chi connectivity index (χ1v) is 9.04. The van der Waals surface area contributed by atoms with Gasteiger partial charge in [-0.15, -0.1) is 22.7 Å². The van der Waals surface area contributed by atoms with Crippen molar-refractivity contribution < 1.29 is 9.18 Å². The maximum atomic E-state index is 13.8. The predicted molar refractivity (Wildman–Crippen MR) is 92.0 cm³/mol. The van der Waals surface area contributed by atoms with Gasteiger partial charge < -0.3 is 9.80 Å². The van der Waals surface area contributed by atoms with Crippen LogP contribution in [0.15, 0.2) is 35.8 Å². The minimum atomic E-state index is -0.272. The molecule has 1 aromatic carbocycles. The SMILES string of the molecule is O=C(c1cc2c(F)cccc2s1)N1CCN(c2nccs2)CC1. The lowest BCUT2D eigenvalue weighted by Crippen LogP contribution is -2.48. The van der Waals surface area contributed by atoms with Gasteiger partial charge in [-0.1, -0.05) is 6.07 Å². The fourth-order valence-corrected chi connectivity index (χ4v) is 4.50. The molecule has 0 N–H and O–H groups in total. The second-order valence-corrected chi connectivity index (χ2v) is 7.31. The number of aromatic nitrogens is 1. The second kappa shape index (κ2) is 5.90. The van der Waals surface area contributed by atoms with Crippen molar-refractivity contribution in [3.63, 3.8) is 0 Å². The zero-order chi connectivity index (χ0) is 15.8. The molecule has 1 fully saturated rings. The normalized spacial score (nSPS) is 15.3. The quantitative estimate of drug-likeness (QED) is 0.712. The summed E-state index contributed by atoms with van der Waals surface area (Å²) in [5.41, 5.74) is 0. The number of thiophene rings is 1. The highest BCUT2D eigenvalue weighted by molar-refractivity contribution is 7.20. The van der Waals surface area contributed by atoms with Crippen LogP contribution in [0.2, 0.25) is 0 Å². The van der Waals surface area contributed by atoms with Crippen molar-refractivity contribution in [1.29, 1.82) is 0 Å². The number of amides is 1. The molecule has 3 heterocycles. The minimum absolute atomic E-state index is 0.00983. The van der Waals surface area contributed by atoms with E-state index in [4.69, 9.17) is 0 Å². The molecule has 0 atom stereocenters. The second-order valence-electron chi connectivity index (χ2n) is 5.36. The average Bonchev–Trinajstić information content (AvgIpc) is 3.24. The van der Waals surface area contributed by atoms with E-state index in [0.717, 1.165) is 22.9 Å². The molecule has 2 aromatic heterocycles. The molecule has 0 spiro atoms. The van der Waals surface area contributed by atoms with Crippen LogP contribution in [-0.4, -0.2) is 42.0 Å². The van der Waals surface area contributed by atoms with Gasteiger partial charge in [0.1, 0.15) is 5.82 Å². The summed E-state index contributed by atoms with van der Waals surface area (Å²) in [7, 11) is 0. The van der Waals surface area contributed by atoms with E-state index in [2.05, 4.69) is 9.88 Å². The van der Waals surface area contributed by atoms with Gasteiger partial charge in [0, 0.05) is 47.8 Å². The Morgan fingerprint density at radius 3 is 2.74 bits per heavy atom. The number of nitrogens with zero attached hydrogens (tertiary/aromatic N) is 3. The van der Waals surface area contributed by atoms with Gasteiger partial charge in [-0.3, -0.25) is 4.79 Å². The monoisotopic (exact) mass is 347 g/mol. The molecule has 4 nitrogen and oxygen atoms in total. The highest BCUT2D eigenvalue weighted by atomic mass is 32.1. The zero-order valence-electron chi connectivity index (χ0n) is 12.2. The summed E-state index contributed by atoms with van der Waals surface area (Å²) in [5, 5.41) is 3.49. The van der Waals surface area contributed by atoms with E-state index in [9.17, 15) is 9.18 Å². The molecule has 0 unspecified atom stereocenters. The van der Waals surface area contributed by atoms with Crippen LogP contribution in [0.1, 0.15) is 9.67 Å². The Hall–Kier alpha value is -1.99. The number of piperazine rings is 1. The van der Waals surface area contributed by atoms with Gasteiger partial charge in [-0.25, -0.2) is 9.37 Å². The number of halogens is 1. The minimum Gasteiger partial charge on any atom is -0.345 e. The maximum absolute atomic E-state index is 13.8. The van der Waals surface area contributed by atoms with Gasteiger partial charge in [0.25, 0.3) is 5.91 Å². The lowest BCUT2D eigenvalue weighted by atomic mass is 10.2. The summed E-state index contributed by atoms with van der Waals surface area (Å²) in [6, 6.07) is 6.62. The van der Waals surface area contributed by atoms with Crippen LogP contribution in [0.3, 0.4) is 0 Å². The molecule has 0 bridgehead atoms. The molecular formula is C16H14FN3OS2. The zero-order valence-corrected chi connectivity index (χ0v) is 13.9. The molecule has 23 heavy (non-hydrogen) atoms. The number of rotatable bonds is 2. The van der Waals surface area contributed by atoms with Gasteiger partial charge in [0.15, 0.2) is 5.13 Å². The molecule has 1 amide bonds. The molecule has 1 saturated heterocycles. The van der Waals surface area contributed by atoms with Crippen LogP contribution in [0.5, 0.6) is 0 Å². The molecule has 0 radical (unpaired) electrons. The van der Waals surface area contributed by atoms with Crippen LogP contribution in [0.25, 0.3) is 10.1 Å². The van der Waals surface area contributed by atoms with Gasteiger partial charge in [0.05, 0.1) is 4.88 Å². The largest absolute Gasteiger partial charge is 0.345 e. The van der Waals surface area contributed by atoms with Crippen LogP contribution < -0.4 is 4.90 Å². The molecule has 1 aliphatic heterocycles. The number of thiazole rings is 1. The third kappa shape index (κ3) is 2.70. The first kappa shape index (κ1) is 14.6. The first-order valence-electron chi connectivity index (χ1n) is 7.34. The lowest BCUT2D eigenvalue weighted by Gasteiger charge is -2.34. The van der Waals surface area contributed by atoms with E-state index in [1.54, 1.807) is 29.7 Å². The summed E-state index contributed by atoms with van der Waals surface area (Å²) < 4.78 is 14.6. The van der Waals surface area contributed by atoms with Crippen molar-refractivity contribution in [2.24, 2.45) is 0 Å². The number of benzene rings is 1. The van der Waals surface area contributed by atoms with Crippen molar-refractivity contribution in [3.8, 4) is 0 Å². The summed E-state index contributed by atoms with van der Waals surface area (Å²) in [6.07, 6.45) is 1.79. The van der Waals surface area contributed by atoms with E-state index in [0.29, 0.717) is 23.4 Å². The Morgan fingerprint density at radius 1 is 1.22 bits per heavy atom. The molecule has 7 heteroatoms. The van der Waals surface area contributed by atoms with E-state index in [-0.39, 0.29) is 11.7 Å². The Balaban J connectivity index is 1.50. The Morgan fingerprint density at radius 2 is 2.04 bits per heavy atom. The van der Waals surface area contributed by atoms with E-state index < -0.39 is 0 Å². The van der Waals surface area contributed by atoms with Crippen molar-refractivity contribution >= 4 is 43.8 Å². The summed E-state index contributed by atoms with van der Waals surface area (Å²) in [6.45, 7) is 2.88. The molecule has 0 saturated carbocycles. The number of fused-ring (bicyclic) bond motifs is 1. The molecule has 4 rings (SSSR count). The van der Waals surface area contributed by atoms with Crippen molar-refractivity contribution in [1.82, 2.24) is 9.88 Å². The molecule has 3 aromatic rings. The van der Waals surface area contributed by atoms with Crippen LogP contribution in [0, 0.1) is 5.82 Å². The third-order valence-corrected chi connectivity index (χ3v) is 5.90. The Labute approximate surface area is 140 Å². The Kier molecular flexibility index (Phi) is 3.74. The standard InChI is InChI=1S/C16H14FN3OS2/c17-12-2-1-3-13-11(12)10-14(23-13)15(21)19-5-7-20(8-6-19)16-18-4-9-22-16/h1-4,9-10H,5-8H2. The van der Waals surface area contributed by atoms with E-state index in [1.807, 2.05) is 16.3 Å². The average molecular weight is 347 g/mol. The first-order chi connectivity index (χ1) is 11.2. The number of hydrogen-bond donors (Lipinski definition) is 0. The van der Waals surface area contributed by atoms with Crippen molar-refractivity contribution in [3.05, 3.63) is 46.5 Å². The van der Waals surface area contributed by atoms with Crippen LogP contribution in [-0.2, 0) is 0 Å². The van der Waals surface area contributed by atoms with Crippen molar-refractivity contribution in [2.45, 2.75) is 0 Å². The molecule has 118 valence electrons. The van der Waals surface area contributed by atoms with Crippen molar-refractivity contribution in [2.75, 3.05) is 31.1 Å². The number of hydrogen-bond acceptors (Lipinski definition) is 5. The highest BCUT2D eigenvalue weighted by Crippen LogP contribution is 2.29. The topological polar surface area (TPSA) is 36.4 Å². The highest BCUT2D eigenvalue weighted by Gasteiger charge is 2.24. The van der Waals surface area contributed by atoms with Crippen LogP contribution in [0.4, 0.5) is 9.52 Å². The van der Waals surface area contributed by atoms with Gasteiger partial charge in [0.2, 0.25) is 0 Å². The smallest absolute Gasteiger partial charge is 0.264 e. The molecule has 0 aliphatic carbocycles. The number of carbonyl (C=O) groups is 1. The summed E-state index contributed by atoms with van der Waals surface area (Å²) in [5.74, 6) is -0.282. The fourth-order valence-electron chi connectivity index (χ4n) is 2.76. The predicted octanol–water partition coefficient (Wildman–Crippen LogP) is 3.46. The lowest BCUT2D eigenvalue weighted by molar-refractivity contribution is 0.0751. The summed E-state index contributed by atoms with van der Waals surface area (Å²) >= 11 is 2.97. The fraction of sp³-hybridized carbons (Fsp3) is 0.250. The molecule has 1 aliphatic rings. The summed E-state index contributed by atoms with van der Waals surface area (Å²) in [4.78, 5) is 21.6. The van der Waals surface area contributed by atoms with Gasteiger partial charge >= 0.3 is 0 Å². The van der Waals surface area contributed by atoms with Gasteiger partial charge in [-0.05, 0) is 18.2 Å². The molecular weight excluding hydrogens is 333 g/mol. The number of anilines is 1. The van der Waals surface area contributed by atoms with Crippen LogP contribution >= 0.6 is 22.7 Å². The number of carbonyl (C=O) groups excluding carboxylic acids is 1. The Bertz CT molecular complexity index is 838. The van der Waals surface area contributed by atoms with Gasteiger partial charge in [-0.2, -0.15) is 0 Å². The third-order valence-electron chi connectivity index (χ3n) is 3.98.